The van der Waals surface area contributed by atoms with Gasteiger partial charge in [-0.2, -0.15) is 0 Å². The minimum absolute atomic E-state index is 0.843. The Hall–Kier alpha value is -4.01. The van der Waals surface area contributed by atoms with Crippen LogP contribution in [-0.4, -0.2) is 413 Å². The summed E-state index contributed by atoms with van der Waals surface area (Å²) < 4.78 is 75.8. The van der Waals surface area contributed by atoms with Gasteiger partial charge in [-0.25, -0.2) is 9.59 Å². The number of aliphatic hydroxyl groups is 21. The number of rotatable bonds is 27. The van der Waals surface area contributed by atoms with Crippen molar-refractivity contribution in [1.29, 1.82) is 0 Å². The molecule has 0 saturated carbocycles. The van der Waals surface area contributed by atoms with Crippen molar-refractivity contribution in [3.8, 4) is 0 Å². The van der Waals surface area contributed by atoms with E-state index in [1.54, 1.807) is 0 Å². The molecule has 0 spiro atoms. The minimum atomic E-state index is -3.19. The summed E-state index contributed by atoms with van der Waals surface area (Å²) in [4.78, 5) is 64.1. The molecule has 0 aromatic carbocycles. The van der Waals surface area contributed by atoms with E-state index in [1.165, 1.54) is 6.92 Å². The summed E-state index contributed by atoms with van der Waals surface area (Å²) in [5.41, 5.74) is 0. The Balaban J connectivity index is 1.26. The average Bonchev–Trinajstić information content (AvgIpc) is 0.771. The summed E-state index contributed by atoms with van der Waals surface area (Å²) in [6.07, 6.45) is -71.9. The Morgan fingerprint density at radius 2 is 0.816 bits per heavy atom. The predicted molar refractivity (Wildman–Crippen MR) is 300 cm³/mol. The van der Waals surface area contributed by atoms with Gasteiger partial charge < -0.3 is 195 Å². The first-order valence-electron chi connectivity index (χ1n) is 30.7. The monoisotopic (exact) mass is 1440 g/mol. The molecule has 7 heterocycles. The van der Waals surface area contributed by atoms with Gasteiger partial charge in [-0.3, -0.25) is 14.4 Å². The van der Waals surface area contributed by atoms with Crippen LogP contribution in [0.1, 0.15) is 40.5 Å². The third-order valence-electron chi connectivity index (χ3n) is 17.7. The van der Waals surface area contributed by atoms with Gasteiger partial charge in [0.2, 0.25) is 17.7 Å². The zero-order valence-corrected chi connectivity index (χ0v) is 52.5. The average molecular weight is 1440 g/mol. The lowest BCUT2D eigenvalue weighted by Gasteiger charge is -2.52. The SMILES string of the molecule is CC(=O)N[C@H]1[C@H](O[C@H]2[C@@H](O)[C@@H](CO[C@]3(C(=O)O)C[C@H](O)[C@@H](NC(C)=O)[C@H]([C@H](O)[C@H](O)CO)O3)O[C@@H](O[C@H]3[C@H](O)[C@@H](O)C(O)O[C@@H]3CO)[C@@H]2O)O[C@H](CO)[C@@H](O[C@@H]2O[C@H](CO[C@]3(C(=O)O)C[C@H](O)[C@@H](NC(C)=O)[C@H]([C@H](O)[C@H](O)CO)O3)[C@H](O)[C@H](O)[C@H]2O)[C@@H]1O[C@@H]1O[C@@H](C)[C@@H](O)[C@@H](O)[C@@H]1O. The zero-order chi connectivity index (χ0) is 73.1. The largest absolute Gasteiger partial charge is 0.477 e. The lowest BCUT2D eigenvalue weighted by atomic mass is 9.88. The van der Waals surface area contributed by atoms with Crippen LogP contribution in [0.15, 0.2) is 0 Å². The van der Waals surface area contributed by atoms with Crippen molar-refractivity contribution >= 4 is 29.7 Å². The van der Waals surface area contributed by atoms with E-state index in [9.17, 15) is 141 Å². The summed E-state index contributed by atoms with van der Waals surface area (Å²) in [6, 6.07) is -5.52. The Bertz CT molecular complexity index is 2630. The van der Waals surface area contributed by atoms with E-state index in [-0.39, 0.29) is 0 Å². The molecule has 566 valence electrons. The normalized spacial score (nSPS) is 46.0. The summed E-state index contributed by atoms with van der Waals surface area (Å²) >= 11 is 0. The van der Waals surface area contributed by atoms with Crippen LogP contribution in [0.3, 0.4) is 0 Å². The number of carboxylic acids is 2. The van der Waals surface area contributed by atoms with Gasteiger partial charge in [0.15, 0.2) is 31.5 Å². The lowest BCUT2D eigenvalue weighted by molar-refractivity contribution is -0.395. The number of amides is 3. The molecular formula is C54H89N3O41. The van der Waals surface area contributed by atoms with Crippen LogP contribution in [0.5, 0.6) is 0 Å². The molecule has 0 bridgehead atoms. The summed E-state index contributed by atoms with van der Waals surface area (Å²) in [7, 11) is 0. The van der Waals surface area contributed by atoms with E-state index < -0.39 is 308 Å². The molecule has 44 heteroatoms. The van der Waals surface area contributed by atoms with E-state index in [0.717, 1.165) is 20.8 Å². The van der Waals surface area contributed by atoms with Gasteiger partial charge in [-0.15, -0.1) is 0 Å². The molecule has 44 nitrogen and oxygen atoms in total. The van der Waals surface area contributed by atoms with Crippen molar-refractivity contribution in [3.05, 3.63) is 0 Å². The van der Waals surface area contributed by atoms with Crippen molar-refractivity contribution in [2.45, 2.75) is 266 Å². The van der Waals surface area contributed by atoms with Crippen LogP contribution < -0.4 is 16.0 Å². The molecule has 0 aromatic heterocycles. The Morgan fingerprint density at radius 1 is 0.429 bits per heavy atom. The number of ether oxygens (including phenoxy) is 13. The summed E-state index contributed by atoms with van der Waals surface area (Å²) in [5.74, 6) is -13.2. The third kappa shape index (κ3) is 17.6. The predicted octanol–water partition coefficient (Wildman–Crippen LogP) is -16.4. The molecule has 0 aliphatic carbocycles. The standard InChI is InChI=1S/C54H89N3O41/c1-13-28(69)33(74)37(78)48(88-13)95-44-27(57-16(4)64)47(90-22(10-61)41(44)94-49-38(79)34(75)31(72)23(91-49)11-86-53(51(82)83)5-17(65)25(55-14(2)62)42(97-53)29(70)19(67)7-58)96-45-32(73)24(92-50(39(45)80)93-40-21(9-60)89-46(81)36(77)35(40)76)12-87-54(52(84)85)6-18(66)26(56-15(3)63)43(98-54)30(71)20(68)8-59/h13,17-50,58-61,65-81H,5-12H2,1-4H3,(H,55,62)(H,56,63)(H,57,64)(H,82,83)(H,84,85)/t13-,17-,18-,19+,20+,21+,22+,23+,24+,25+,26+,27+,28+,29+,30+,31-,32-,33+,34-,35+,36+,37-,38+,39+,40+,41+,42+,43+,44+,45-,46?,47-,48-,49-,50-,53+,54+/m0/s1. The number of aliphatic hydroxyl groups excluding tert-OH is 21. The number of carbonyl (C=O) groups excluding carboxylic acids is 3. The van der Waals surface area contributed by atoms with Gasteiger partial charge in [0.25, 0.3) is 11.6 Å². The molecule has 7 aliphatic heterocycles. The molecule has 7 fully saturated rings. The molecule has 3 amide bonds. The highest BCUT2D eigenvalue weighted by Crippen LogP contribution is 2.41. The van der Waals surface area contributed by atoms with Crippen LogP contribution >= 0.6 is 0 Å². The van der Waals surface area contributed by atoms with Crippen LogP contribution in [0.2, 0.25) is 0 Å². The lowest BCUT2D eigenvalue weighted by Crippen LogP contribution is -2.71. The fourth-order valence-corrected chi connectivity index (χ4v) is 12.3. The first-order valence-corrected chi connectivity index (χ1v) is 30.7. The Labute approximate surface area is 553 Å². The maximum atomic E-state index is 13.4. The minimum Gasteiger partial charge on any atom is -0.477 e. The van der Waals surface area contributed by atoms with Gasteiger partial charge in [0, 0.05) is 33.6 Å². The van der Waals surface area contributed by atoms with E-state index >= 15 is 0 Å². The molecule has 7 aliphatic rings. The molecule has 37 atom stereocenters. The number of carboxylic acid groups (broad SMARTS) is 2. The van der Waals surface area contributed by atoms with Crippen molar-refractivity contribution in [2.24, 2.45) is 0 Å². The van der Waals surface area contributed by atoms with E-state index in [2.05, 4.69) is 16.0 Å². The van der Waals surface area contributed by atoms with E-state index in [0.29, 0.717) is 0 Å². The highest BCUT2D eigenvalue weighted by Gasteiger charge is 2.62. The van der Waals surface area contributed by atoms with Crippen LogP contribution in [0.25, 0.3) is 0 Å². The smallest absolute Gasteiger partial charge is 0.364 e. The number of hydrogen-bond acceptors (Lipinski definition) is 39. The quantitative estimate of drug-likeness (QED) is 0.0363. The number of carbonyl (C=O) groups is 5. The molecule has 0 aromatic rings. The van der Waals surface area contributed by atoms with E-state index in [1.807, 2.05) is 0 Å². The van der Waals surface area contributed by atoms with Crippen molar-refractivity contribution < 1.29 is 203 Å². The van der Waals surface area contributed by atoms with Crippen molar-refractivity contribution in [1.82, 2.24) is 16.0 Å². The highest BCUT2D eigenvalue weighted by molar-refractivity contribution is 5.77. The fourth-order valence-electron chi connectivity index (χ4n) is 12.3. The maximum Gasteiger partial charge on any atom is 0.364 e. The molecule has 1 unspecified atom stereocenters. The van der Waals surface area contributed by atoms with Gasteiger partial charge >= 0.3 is 11.9 Å². The van der Waals surface area contributed by atoms with E-state index in [4.69, 9.17) is 61.6 Å². The maximum absolute atomic E-state index is 13.4. The second kappa shape index (κ2) is 34.1. The molecule has 7 saturated heterocycles. The number of hydrogen-bond donors (Lipinski definition) is 26. The first kappa shape index (κ1) is 81.3. The van der Waals surface area contributed by atoms with Gasteiger partial charge in [0.1, 0.15) is 153 Å². The van der Waals surface area contributed by atoms with Gasteiger partial charge in [-0.05, 0) is 6.92 Å². The molecule has 98 heavy (non-hydrogen) atoms. The van der Waals surface area contributed by atoms with Crippen LogP contribution in [0.4, 0.5) is 0 Å². The van der Waals surface area contributed by atoms with Crippen LogP contribution in [0, 0.1) is 0 Å². The molecule has 0 radical (unpaired) electrons. The number of nitrogens with one attached hydrogen (secondary N) is 3. The summed E-state index contributed by atoms with van der Waals surface area (Å²) in [5, 5.41) is 258. The van der Waals surface area contributed by atoms with Crippen molar-refractivity contribution in [3.63, 3.8) is 0 Å². The van der Waals surface area contributed by atoms with Gasteiger partial charge in [0.05, 0.1) is 70.0 Å². The van der Waals surface area contributed by atoms with Crippen molar-refractivity contribution in [2.75, 3.05) is 39.6 Å². The Morgan fingerprint density at radius 3 is 1.27 bits per heavy atom. The third-order valence-corrected chi connectivity index (χ3v) is 17.7. The second-order valence-electron chi connectivity index (χ2n) is 24.7. The molecule has 7 rings (SSSR count). The first-order chi connectivity index (χ1) is 45.9. The fraction of sp³-hybridized carbons (Fsp3) is 0.907. The molecular weight excluding hydrogens is 1350 g/mol. The van der Waals surface area contributed by atoms with Gasteiger partial charge in [-0.1, -0.05) is 0 Å². The molecule has 26 N–H and O–H groups in total. The highest BCUT2D eigenvalue weighted by atomic mass is 16.8. The zero-order valence-electron chi connectivity index (χ0n) is 52.5. The summed E-state index contributed by atoms with van der Waals surface area (Å²) in [6.45, 7) is -3.35. The van der Waals surface area contributed by atoms with Crippen LogP contribution in [-0.2, 0) is 85.6 Å². The second-order valence-corrected chi connectivity index (χ2v) is 24.7. The number of aliphatic carboxylic acids is 2. The topological polar surface area (TPSA) is 707 Å². The Kier molecular flexibility index (Phi) is 28.3.